The average molecular weight is 388 g/mol. The van der Waals surface area contributed by atoms with Gasteiger partial charge in [0.25, 0.3) is 5.91 Å². The van der Waals surface area contributed by atoms with Gasteiger partial charge in [-0.1, -0.05) is 20.8 Å². The molecule has 2 heterocycles. The molecular formula is C20H24N2O4S. The number of aryl methyl sites for hydroxylation is 1. The molecule has 0 radical (unpaired) electrons. The minimum Gasteiger partial charge on any atom is -0.490 e. The maximum Gasteiger partial charge on any atom is 0.266 e. The minimum atomic E-state index is -0.496. The number of nitrogens with one attached hydrogen (secondary N) is 2. The van der Waals surface area contributed by atoms with Crippen LogP contribution in [-0.4, -0.2) is 25.0 Å². The van der Waals surface area contributed by atoms with Crippen LogP contribution >= 0.6 is 11.3 Å². The molecule has 1 aromatic carbocycles. The Morgan fingerprint density at radius 2 is 1.74 bits per heavy atom. The summed E-state index contributed by atoms with van der Waals surface area (Å²) in [7, 11) is 0. The summed E-state index contributed by atoms with van der Waals surface area (Å²) in [6.45, 7) is 8.61. The number of carbonyl (C=O) groups excluding carboxylic acids is 2. The summed E-state index contributed by atoms with van der Waals surface area (Å²) in [6, 6.07) is 7.17. The molecule has 2 aromatic rings. The number of rotatable bonds is 3. The molecule has 1 aliphatic heterocycles. The molecule has 0 unspecified atom stereocenters. The van der Waals surface area contributed by atoms with Gasteiger partial charge in [-0.25, -0.2) is 0 Å². The maximum absolute atomic E-state index is 12.7. The molecule has 0 saturated heterocycles. The van der Waals surface area contributed by atoms with Gasteiger partial charge >= 0.3 is 0 Å². The number of fused-ring (bicyclic) bond motifs is 1. The van der Waals surface area contributed by atoms with Crippen LogP contribution < -0.4 is 20.1 Å². The Morgan fingerprint density at radius 3 is 2.44 bits per heavy atom. The van der Waals surface area contributed by atoms with Crippen molar-refractivity contribution in [2.45, 2.75) is 34.1 Å². The van der Waals surface area contributed by atoms with Crippen molar-refractivity contribution < 1.29 is 19.1 Å². The van der Waals surface area contributed by atoms with E-state index in [4.69, 9.17) is 9.47 Å². The number of anilines is 2. The summed E-state index contributed by atoms with van der Waals surface area (Å²) in [5, 5.41) is 6.43. The van der Waals surface area contributed by atoms with Gasteiger partial charge < -0.3 is 20.1 Å². The Bertz CT molecular complexity index is 867. The molecule has 27 heavy (non-hydrogen) atoms. The van der Waals surface area contributed by atoms with Gasteiger partial charge in [-0.2, -0.15) is 0 Å². The SMILES string of the molecule is Cc1cc(NC(=O)C(C)(C)C)sc1C(=O)Nc1ccc2c(c1)OCCCO2. The molecule has 144 valence electrons. The predicted octanol–water partition coefficient (Wildman–Crippen LogP) is 4.45. The second-order valence-electron chi connectivity index (χ2n) is 7.49. The smallest absolute Gasteiger partial charge is 0.266 e. The number of hydrogen-bond donors (Lipinski definition) is 2. The molecule has 2 amide bonds. The van der Waals surface area contributed by atoms with Crippen LogP contribution in [0.15, 0.2) is 24.3 Å². The molecule has 3 rings (SSSR count). The van der Waals surface area contributed by atoms with Gasteiger partial charge in [0.05, 0.1) is 23.1 Å². The summed E-state index contributed by atoms with van der Waals surface area (Å²) in [6.07, 6.45) is 0.827. The van der Waals surface area contributed by atoms with Crippen LogP contribution in [0.3, 0.4) is 0 Å². The molecule has 0 atom stereocenters. The molecule has 1 aliphatic rings. The molecule has 1 aromatic heterocycles. The van der Waals surface area contributed by atoms with E-state index in [2.05, 4.69) is 10.6 Å². The Kier molecular flexibility index (Phi) is 5.41. The first-order valence-corrected chi connectivity index (χ1v) is 9.68. The van der Waals surface area contributed by atoms with Crippen LogP contribution in [0.5, 0.6) is 11.5 Å². The summed E-state index contributed by atoms with van der Waals surface area (Å²) in [5.41, 5.74) is 0.956. The van der Waals surface area contributed by atoms with Crippen molar-refractivity contribution in [3.8, 4) is 11.5 Å². The van der Waals surface area contributed by atoms with E-state index in [1.165, 1.54) is 11.3 Å². The lowest BCUT2D eigenvalue weighted by Gasteiger charge is -2.16. The van der Waals surface area contributed by atoms with Gasteiger partial charge in [-0.05, 0) is 30.7 Å². The zero-order valence-electron chi connectivity index (χ0n) is 16.0. The van der Waals surface area contributed by atoms with Crippen molar-refractivity contribution in [3.63, 3.8) is 0 Å². The van der Waals surface area contributed by atoms with Gasteiger partial charge in [0.1, 0.15) is 0 Å². The fourth-order valence-corrected chi connectivity index (χ4v) is 3.46. The number of carbonyl (C=O) groups is 2. The van der Waals surface area contributed by atoms with E-state index < -0.39 is 5.41 Å². The van der Waals surface area contributed by atoms with Gasteiger partial charge in [0.2, 0.25) is 5.91 Å². The largest absolute Gasteiger partial charge is 0.490 e. The number of ether oxygens (including phenoxy) is 2. The molecule has 7 heteroatoms. The van der Waals surface area contributed by atoms with Crippen LogP contribution in [0.1, 0.15) is 42.4 Å². The van der Waals surface area contributed by atoms with Crippen LogP contribution in [0.25, 0.3) is 0 Å². The van der Waals surface area contributed by atoms with E-state index in [1.54, 1.807) is 18.2 Å². The Morgan fingerprint density at radius 1 is 1.04 bits per heavy atom. The fourth-order valence-electron chi connectivity index (χ4n) is 2.50. The first-order chi connectivity index (χ1) is 12.7. The van der Waals surface area contributed by atoms with E-state index >= 15 is 0 Å². The number of benzene rings is 1. The van der Waals surface area contributed by atoms with Crippen molar-refractivity contribution in [1.82, 2.24) is 0 Å². The normalized spacial score (nSPS) is 13.6. The van der Waals surface area contributed by atoms with Crippen molar-refractivity contribution in [1.29, 1.82) is 0 Å². The van der Waals surface area contributed by atoms with E-state index in [9.17, 15) is 9.59 Å². The predicted molar refractivity (Wildman–Crippen MR) is 107 cm³/mol. The molecule has 2 N–H and O–H groups in total. The second-order valence-corrected chi connectivity index (χ2v) is 8.55. The molecule has 0 saturated carbocycles. The fraction of sp³-hybridized carbons (Fsp3) is 0.400. The molecule has 0 aliphatic carbocycles. The molecule has 0 fully saturated rings. The molecule has 0 bridgehead atoms. The maximum atomic E-state index is 12.7. The summed E-state index contributed by atoms with van der Waals surface area (Å²) < 4.78 is 11.3. The van der Waals surface area contributed by atoms with Crippen LogP contribution in [-0.2, 0) is 4.79 Å². The third-order valence-corrected chi connectivity index (χ3v) is 5.20. The molecule has 6 nitrogen and oxygen atoms in total. The first kappa shape index (κ1) is 19.2. The van der Waals surface area contributed by atoms with E-state index in [0.717, 1.165) is 12.0 Å². The number of hydrogen-bond acceptors (Lipinski definition) is 5. The monoisotopic (exact) mass is 388 g/mol. The number of thiophene rings is 1. The van der Waals surface area contributed by atoms with E-state index in [-0.39, 0.29) is 11.8 Å². The van der Waals surface area contributed by atoms with E-state index in [0.29, 0.717) is 40.3 Å². The third kappa shape index (κ3) is 4.60. The first-order valence-electron chi connectivity index (χ1n) is 8.87. The number of amides is 2. The van der Waals surface area contributed by atoms with Crippen molar-refractivity contribution >= 4 is 33.8 Å². The third-order valence-electron chi connectivity index (χ3n) is 4.05. The van der Waals surface area contributed by atoms with Crippen LogP contribution in [0, 0.1) is 12.3 Å². The van der Waals surface area contributed by atoms with Gasteiger partial charge in [0.15, 0.2) is 11.5 Å². The summed E-state index contributed by atoms with van der Waals surface area (Å²) >= 11 is 1.26. The molecular weight excluding hydrogens is 364 g/mol. The minimum absolute atomic E-state index is 0.0846. The van der Waals surface area contributed by atoms with Crippen molar-refractivity contribution in [3.05, 3.63) is 34.7 Å². The van der Waals surface area contributed by atoms with Gasteiger partial charge in [-0.15, -0.1) is 11.3 Å². The Balaban J connectivity index is 1.73. The highest BCUT2D eigenvalue weighted by atomic mass is 32.1. The lowest BCUT2D eigenvalue weighted by molar-refractivity contribution is -0.123. The van der Waals surface area contributed by atoms with Crippen molar-refractivity contribution in [2.24, 2.45) is 5.41 Å². The average Bonchev–Trinajstić information content (AvgIpc) is 2.80. The molecule has 0 spiro atoms. The summed E-state index contributed by atoms with van der Waals surface area (Å²) in [5.74, 6) is 1.01. The van der Waals surface area contributed by atoms with Gasteiger partial charge in [-0.3, -0.25) is 9.59 Å². The lowest BCUT2D eigenvalue weighted by atomic mass is 9.96. The van der Waals surface area contributed by atoms with Gasteiger partial charge in [0, 0.05) is 23.6 Å². The quantitative estimate of drug-likeness (QED) is 0.814. The highest BCUT2D eigenvalue weighted by Gasteiger charge is 2.23. The standard InChI is InChI=1S/C20H24N2O4S/c1-12-10-16(22-19(24)20(2,3)4)27-17(12)18(23)21-13-6-7-14-15(11-13)26-9-5-8-25-14/h6-7,10-11H,5,8-9H2,1-4H3,(H,21,23)(H,22,24). The van der Waals surface area contributed by atoms with Crippen molar-refractivity contribution in [2.75, 3.05) is 23.8 Å². The highest BCUT2D eigenvalue weighted by Crippen LogP contribution is 2.33. The highest BCUT2D eigenvalue weighted by molar-refractivity contribution is 7.18. The zero-order chi connectivity index (χ0) is 19.6. The van der Waals surface area contributed by atoms with Crippen LogP contribution in [0.4, 0.5) is 10.7 Å². The van der Waals surface area contributed by atoms with Crippen LogP contribution in [0.2, 0.25) is 0 Å². The van der Waals surface area contributed by atoms with E-state index in [1.807, 2.05) is 33.8 Å². The zero-order valence-corrected chi connectivity index (χ0v) is 16.8. The summed E-state index contributed by atoms with van der Waals surface area (Å²) in [4.78, 5) is 25.4. The topological polar surface area (TPSA) is 76.7 Å². The Labute approximate surface area is 162 Å². The Hall–Kier alpha value is -2.54. The second kappa shape index (κ2) is 7.60. The lowest BCUT2D eigenvalue weighted by Crippen LogP contribution is -2.27.